The number of nitrogens with zero attached hydrogens (tertiary/aromatic N) is 2. The molecule has 2 aromatic rings. The largest absolute Gasteiger partial charge is 0.492 e. The van der Waals surface area contributed by atoms with Crippen LogP contribution in [0.1, 0.15) is 55.9 Å². The van der Waals surface area contributed by atoms with Gasteiger partial charge in [0.25, 0.3) is 0 Å². The Kier molecular flexibility index (Phi) is 6.34. The van der Waals surface area contributed by atoms with Crippen molar-refractivity contribution in [1.82, 2.24) is 4.57 Å². The molecule has 1 aromatic carbocycles. The van der Waals surface area contributed by atoms with Gasteiger partial charge in [0.2, 0.25) is 5.43 Å². The zero-order valence-corrected chi connectivity index (χ0v) is 18.4. The topological polar surface area (TPSA) is 97.8 Å². The molecule has 1 aromatic heterocycles. The first-order valence-electron chi connectivity index (χ1n) is 10.4. The van der Waals surface area contributed by atoms with Gasteiger partial charge in [0.15, 0.2) is 5.75 Å². The van der Waals surface area contributed by atoms with Crippen molar-refractivity contribution in [2.45, 2.75) is 57.7 Å². The third-order valence-electron chi connectivity index (χ3n) is 6.47. The number of nitrogens with two attached hydrogens (primary N) is 1. The summed E-state index contributed by atoms with van der Waals surface area (Å²) in [5.41, 5.74) is 7.19. The molecular weight excluding hydrogens is 406 g/mol. The highest BCUT2D eigenvalue weighted by Gasteiger charge is 2.36. The predicted octanol–water partition coefficient (Wildman–Crippen LogP) is 3.42. The number of halogens is 1. The normalized spacial score (nSPS) is 22.1. The van der Waals surface area contributed by atoms with Crippen LogP contribution in [0.5, 0.6) is 5.75 Å². The van der Waals surface area contributed by atoms with E-state index in [4.69, 9.17) is 10.5 Å². The number of carbonyl (C=O) groups is 1. The average Bonchev–Trinajstić information content (AvgIpc) is 3.44. The lowest BCUT2D eigenvalue weighted by Crippen LogP contribution is -2.31. The molecule has 8 heteroatoms. The molecule has 0 amide bonds. The first kappa shape index (κ1) is 22.4. The highest BCUT2D eigenvalue weighted by atomic mass is 35.5. The number of benzene rings is 1. The summed E-state index contributed by atoms with van der Waals surface area (Å²) < 4.78 is 7.79. The van der Waals surface area contributed by atoms with Crippen molar-refractivity contribution in [3.05, 3.63) is 34.1 Å². The average molecular weight is 436 g/mol. The molecule has 7 nitrogen and oxygen atoms in total. The number of carboxylic acids is 1. The van der Waals surface area contributed by atoms with E-state index in [-0.39, 0.29) is 30.1 Å². The van der Waals surface area contributed by atoms with Crippen molar-refractivity contribution in [2.24, 2.45) is 11.7 Å². The Morgan fingerprint density at radius 1 is 1.37 bits per heavy atom. The second-order valence-corrected chi connectivity index (χ2v) is 8.40. The summed E-state index contributed by atoms with van der Waals surface area (Å²) in [6, 6.07) is 4.34. The standard InChI is InChI=1S/C22H29N3O4.ClH/c1-4-14-9-13(12(2)23)10-24(14)18-8-7-16-19(21(18)29-3)25(15-5-6-15)11-17(20(16)26)22(27)28;/h7-8,11-15H,4-6,9-10,23H2,1-3H3,(H,27,28);1H/t12-,13+,14?;/m0./s1. The van der Waals surface area contributed by atoms with E-state index < -0.39 is 11.4 Å². The van der Waals surface area contributed by atoms with Crippen molar-refractivity contribution < 1.29 is 14.6 Å². The number of fused-ring (bicyclic) bond motifs is 1. The minimum atomic E-state index is -1.19. The Labute approximate surface area is 182 Å². The number of pyridine rings is 1. The van der Waals surface area contributed by atoms with E-state index in [1.54, 1.807) is 13.2 Å². The van der Waals surface area contributed by atoms with E-state index in [9.17, 15) is 14.7 Å². The molecule has 164 valence electrons. The summed E-state index contributed by atoms with van der Waals surface area (Å²) in [7, 11) is 1.62. The van der Waals surface area contributed by atoms with Crippen LogP contribution in [0, 0.1) is 5.92 Å². The van der Waals surface area contributed by atoms with E-state index >= 15 is 0 Å². The smallest absolute Gasteiger partial charge is 0.341 e. The number of methoxy groups -OCH3 is 1. The van der Waals surface area contributed by atoms with Crippen LogP contribution in [-0.2, 0) is 0 Å². The van der Waals surface area contributed by atoms with Gasteiger partial charge in [-0.3, -0.25) is 4.79 Å². The summed E-state index contributed by atoms with van der Waals surface area (Å²) in [6.07, 6.45) is 5.46. The van der Waals surface area contributed by atoms with Crippen molar-refractivity contribution in [1.29, 1.82) is 0 Å². The lowest BCUT2D eigenvalue weighted by atomic mass is 9.98. The molecule has 1 aliphatic heterocycles. The van der Waals surface area contributed by atoms with Crippen LogP contribution in [-0.4, -0.2) is 41.4 Å². The summed E-state index contributed by atoms with van der Waals surface area (Å²) in [6.45, 7) is 5.07. The number of ether oxygens (including phenoxy) is 1. The maximum Gasteiger partial charge on any atom is 0.341 e. The number of hydrogen-bond acceptors (Lipinski definition) is 5. The van der Waals surface area contributed by atoms with E-state index in [0.29, 0.717) is 28.6 Å². The molecule has 1 saturated heterocycles. The van der Waals surface area contributed by atoms with Crippen LogP contribution >= 0.6 is 12.4 Å². The van der Waals surface area contributed by atoms with E-state index in [1.165, 1.54) is 6.20 Å². The number of aromatic carboxylic acids is 1. The molecule has 3 atom stereocenters. The molecule has 0 bridgehead atoms. The van der Waals surface area contributed by atoms with Gasteiger partial charge in [-0.15, -0.1) is 12.4 Å². The lowest BCUT2D eigenvalue weighted by Gasteiger charge is -2.29. The number of hydrogen-bond donors (Lipinski definition) is 2. The molecule has 0 radical (unpaired) electrons. The van der Waals surface area contributed by atoms with E-state index in [2.05, 4.69) is 18.7 Å². The molecule has 1 unspecified atom stereocenters. The zero-order chi connectivity index (χ0) is 20.9. The molecule has 1 saturated carbocycles. The molecule has 2 fully saturated rings. The highest BCUT2D eigenvalue weighted by Crippen LogP contribution is 2.44. The van der Waals surface area contributed by atoms with Gasteiger partial charge >= 0.3 is 5.97 Å². The van der Waals surface area contributed by atoms with Crippen molar-refractivity contribution in [2.75, 3.05) is 18.6 Å². The van der Waals surface area contributed by atoms with Crippen molar-refractivity contribution >= 4 is 35.0 Å². The highest BCUT2D eigenvalue weighted by molar-refractivity contribution is 5.97. The fourth-order valence-electron chi connectivity index (χ4n) is 4.64. The maximum atomic E-state index is 12.8. The van der Waals surface area contributed by atoms with Gasteiger partial charge in [-0.25, -0.2) is 4.79 Å². The van der Waals surface area contributed by atoms with Gasteiger partial charge in [0.05, 0.1) is 23.7 Å². The molecule has 30 heavy (non-hydrogen) atoms. The zero-order valence-electron chi connectivity index (χ0n) is 17.6. The molecule has 2 heterocycles. The van der Waals surface area contributed by atoms with Crippen LogP contribution in [0.25, 0.3) is 10.9 Å². The molecule has 4 rings (SSSR count). The van der Waals surface area contributed by atoms with Crippen LogP contribution in [0.4, 0.5) is 5.69 Å². The third kappa shape index (κ3) is 3.65. The Hall–Kier alpha value is -2.25. The van der Waals surface area contributed by atoms with Gasteiger partial charge in [-0.2, -0.15) is 0 Å². The minimum Gasteiger partial charge on any atom is -0.492 e. The fraction of sp³-hybridized carbons (Fsp3) is 0.545. The van der Waals surface area contributed by atoms with Gasteiger partial charge in [0.1, 0.15) is 5.56 Å². The SMILES string of the molecule is CCC1C[C@@H]([C@H](C)N)CN1c1ccc2c(=O)c(C(=O)O)cn(C3CC3)c2c1OC.Cl. The van der Waals surface area contributed by atoms with Crippen molar-refractivity contribution in [3.63, 3.8) is 0 Å². The lowest BCUT2D eigenvalue weighted by molar-refractivity contribution is 0.0695. The fourth-order valence-corrected chi connectivity index (χ4v) is 4.64. The summed E-state index contributed by atoms with van der Waals surface area (Å²) >= 11 is 0. The Morgan fingerprint density at radius 3 is 2.60 bits per heavy atom. The first-order valence-corrected chi connectivity index (χ1v) is 10.4. The Balaban J connectivity index is 0.00000256. The molecule has 1 aliphatic carbocycles. The van der Waals surface area contributed by atoms with Crippen LogP contribution < -0.4 is 20.8 Å². The van der Waals surface area contributed by atoms with Gasteiger partial charge in [-0.1, -0.05) is 6.92 Å². The monoisotopic (exact) mass is 435 g/mol. The van der Waals surface area contributed by atoms with Crippen LogP contribution in [0.3, 0.4) is 0 Å². The minimum absolute atomic E-state index is 0. The van der Waals surface area contributed by atoms with Crippen LogP contribution in [0.15, 0.2) is 23.1 Å². The summed E-state index contributed by atoms with van der Waals surface area (Å²) in [5, 5.41) is 9.89. The van der Waals surface area contributed by atoms with E-state index in [1.807, 2.05) is 10.6 Å². The van der Waals surface area contributed by atoms with Gasteiger partial charge in [-0.05, 0) is 50.7 Å². The Morgan fingerprint density at radius 2 is 2.07 bits per heavy atom. The van der Waals surface area contributed by atoms with Gasteiger partial charge < -0.3 is 25.0 Å². The summed E-state index contributed by atoms with van der Waals surface area (Å²) in [5.74, 6) is -0.146. The number of aromatic nitrogens is 1. The van der Waals surface area contributed by atoms with E-state index in [0.717, 1.165) is 37.9 Å². The molecule has 0 spiro atoms. The number of carboxylic acid groups (broad SMARTS) is 1. The molecular formula is C22H30ClN3O4. The molecule has 3 N–H and O–H groups in total. The Bertz CT molecular complexity index is 1020. The van der Waals surface area contributed by atoms with Crippen LogP contribution in [0.2, 0.25) is 0 Å². The quantitative estimate of drug-likeness (QED) is 0.721. The third-order valence-corrected chi connectivity index (χ3v) is 6.47. The van der Waals surface area contributed by atoms with Crippen molar-refractivity contribution in [3.8, 4) is 5.75 Å². The maximum absolute atomic E-state index is 12.8. The van der Waals surface area contributed by atoms with Gasteiger partial charge in [0, 0.05) is 30.9 Å². The predicted molar refractivity (Wildman–Crippen MR) is 120 cm³/mol. The number of anilines is 1. The molecule has 2 aliphatic rings. The second-order valence-electron chi connectivity index (χ2n) is 8.40. The summed E-state index contributed by atoms with van der Waals surface area (Å²) in [4.78, 5) is 26.8. The number of rotatable bonds is 6. The first-order chi connectivity index (χ1) is 13.9. The second kappa shape index (κ2) is 8.47.